The molecule has 0 atom stereocenters. The van der Waals surface area contributed by atoms with Crippen LogP contribution in [0.4, 0.5) is 0 Å². The van der Waals surface area contributed by atoms with Crippen LogP contribution in [-0.2, 0) is 10.0 Å². The van der Waals surface area contributed by atoms with Crippen LogP contribution in [0.25, 0.3) is 11.3 Å². The zero-order valence-corrected chi connectivity index (χ0v) is 18.8. The summed E-state index contributed by atoms with van der Waals surface area (Å²) in [6, 6.07) is 9.01. The molecule has 0 saturated carbocycles. The van der Waals surface area contributed by atoms with Gasteiger partial charge in [0.15, 0.2) is 0 Å². The van der Waals surface area contributed by atoms with Gasteiger partial charge in [-0.25, -0.2) is 8.42 Å². The topological polar surface area (TPSA) is 98.8 Å². The number of nitrogens with one attached hydrogen (secondary N) is 1. The SMILES string of the molecule is COc1cccc(-c2cc(C(=O)N3CC(N(CCN4CCCC4)S(C)(=O)=O)C3)[nH]n2)c1. The molecule has 0 bridgehead atoms. The van der Waals surface area contributed by atoms with Crippen molar-refractivity contribution in [1.29, 1.82) is 0 Å². The van der Waals surface area contributed by atoms with Crippen LogP contribution in [0.1, 0.15) is 23.3 Å². The minimum Gasteiger partial charge on any atom is -0.497 e. The summed E-state index contributed by atoms with van der Waals surface area (Å²) in [6.45, 7) is 4.04. The van der Waals surface area contributed by atoms with E-state index >= 15 is 0 Å². The van der Waals surface area contributed by atoms with Gasteiger partial charge in [0.05, 0.1) is 25.1 Å². The van der Waals surface area contributed by atoms with Crippen LogP contribution in [0.15, 0.2) is 30.3 Å². The highest BCUT2D eigenvalue weighted by Gasteiger charge is 2.39. The molecule has 3 heterocycles. The lowest BCUT2D eigenvalue weighted by Gasteiger charge is -2.44. The molecule has 2 saturated heterocycles. The fraction of sp³-hybridized carbons (Fsp3) is 0.524. The number of rotatable bonds is 8. The number of carbonyl (C=O) groups excluding carboxylic acids is 1. The van der Waals surface area contributed by atoms with Crippen molar-refractivity contribution in [3.63, 3.8) is 0 Å². The van der Waals surface area contributed by atoms with Gasteiger partial charge in [0, 0.05) is 31.7 Å². The Labute approximate surface area is 183 Å². The molecule has 168 valence electrons. The van der Waals surface area contributed by atoms with E-state index in [-0.39, 0.29) is 11.9 Å². The number of aromatic nitrogens is 2. The fourth-order valence-corrected chi connectivity index (χ4v) is 5.29. The number of sulfonamides is 1. The van der Waals surface area contributed by atoms with Gasteiger partial charge in [0.2, 0.25) is 10.0 Å². The summed E-state index contributed by atoms with van der Waals surface area (Å²) in [5.74, 6) is 0.541. The molecule has 0 aliphatic carbocycles. The predicted octanol–water partition coefficient (Wildman–Crippen LogP) is 1.27. The number of nitrogens with zero attached hydrogens (tertiary/aromatic N) is 4. The molecule has 1 amide bonds. The summed E-state index contributed by atoms with van der Waals surface area (Å²) in [6.07, 6.45) is 3.59. The number of benzene rings is 1. The van der Waals surface area contributed by atoms with Crippen molar-refractivity contribution in [1.82, 2.24) is 24.3 Å². The van der Waals surface area contributed by atoms with Gasteiger partial charge in [-0.1, -0.05) is 12.1 Å². The monoisotopic (exact) mass is 447 g/mol. The third kappa shape index (κ3) is 4.91. The van der Waals surface area contributed by atoms with Crippen LogP contribution in [0, 0.1) is 0 Å². The van der Waals surface area contributed by atoms with Crippen LogP contribution in [-0.4, -0.2) is 97.3 Å². The van der Waals surface area contributed by atoms with E-state index in [1.807, 2.05) is 24.3 Å². The first kappa shape index (κ1) is 21.8. The van der Waals surface area contributed by atoms with Gasteiger partial charge >= 0.3 is 0 Å². The highest BCUT2D eigenvalue weighted by atomic mass is 32.2. The van der Waals surface area contributed by atoms with Crippen molar-refractivity contribution in [3.05, 3.63) is 36.0 Å². The second-order valence-corrected chi connectivity index (χ2v) is 10.1. The van der Waals surface area contributed by atoms with E-state index in [1.165, 1.54) is 19.1 Å². The third-order valence-electron chi connectivity index (χ3n) is 5.99. The smallest absolute Gasteiger partial charge is 0.271 e. The quantitative estimate of drug-likeness (QED) is 0.654. The number of likely N-dealkylation sites (tertiary alicyclic amines) is 2. The van der Waals surface area contributed by atoms with Gasteiger partial charge in [0.25, 0.3) is 5.91 Å². The molecule has 1 N–H and O–H groups in total. The molecule has 4 rings (SSSR count). The Hall–Kier alpha value is -2.43. The van der Waals surface area contributed by atoms with E-state index < -0.39 is 10.0 Å². The van der Waals surface area contributed by atoms with Crippen molar-refractivity contribution in [2.24, 2.45) is 0 Å². The number of methoxy groups -OCH3 is 1. The zero-order chi connectivity index (χ0) is 22.0. The number of aromatic amines is 1. The van der Waals surface area contributed by atoms with Gasteiger partial charge in [-0.05, 0) is 44.1 Å². The standard InChI is InChI=1S/C21H29N5O4S/c1-30-18-7-5-6-16(12-18)19-13-20(23-22-19)21(27)25-14-17(15-25)26(31(2,28)29)11-10-24-8-3-4-9-24/h5-7,12-13,17H,3-4,8-11,14-15H2,1-2H3,(H,22,23). The molecular formula is C21H29N5O4S. The summed E-state index contributed by atoms with van der Waals surface area (Å²) in [7, 11) is -1.73. The van der Waals surface area contributed by atoms with Crippen LogP contribution in [0.2, 0.25) is 0 Å². The molecule has 10 heteroatoms. The first-order valence-corrected chi connectivity index (χ1v) is 12.4. The Morgan fingerprint density at radius 2 is 2.00 bits per heavy atom. The summed E-state index contributed by atoms with van der Waals surface area (Å²) >= 11 is 0. The van der Waals surface area contributed by atoms with Crippen molar-refractivity contribution in [2.75, 3.05) is 52.6 Å². The van der Waals surface area contributed by atoms with Gasteiger partial charge in [-0.15, -0.1) is 0 Å². The molecule has 0 spiro atoms. The largest absolute Gasteiger partial charge is 0.497 e. The summed E-state index contributed by atoms with van der Waals surface area (Å²) in [5.41, 5.74) is 1.89. The molecule has 0 radical (unpaired) electrons. The molecule has 2 fully saturated rings. The Balaban J connectivity index is 1.37. The van der Waals surface area contributed by atoms with E-state index in [2.05, 4.69) is 15.1 Å². The van der Waals surface area contributed by atoms with Gasteiger partial charge in [-0.2, -0.15) is 9.40 Å². The van der Waals surface area contributed by atoms with E-state index in [1.54, 1.807) is 22.4 Å². The highest BCUT2D eigenvalue weighted by Crippen LogP contribution is 2.25. The van der Waals surface area contributed by atoms with Crippen LogP contribution in [0.5, 0.6) is 5.75 Å². The van der Waals surface area contributed by atoms with E-state index in [0.717, 1.165) is 25.2 Å². The van der Waals surface area contributed by atoms with Crippen molar-refractivity contribution in [3.8, 4) is 17.0 Å². The van der Waals surface area contributed by atoms with Crippen molar-refractivity contribution >= 4 is 15.9 Å². The Morgan fingerprint density at radius 1 is 1.26 bits per heavy atom. The molecule has 2 aromatic rings. The lowest BCUT2D eigenvalue weighted by atomic mass is 10.1. The average molecular weight is 448 g/mol. The lowest BCUT2D eigenvalue weighted by molar-refractivity contribution is 0.0438. The molecule has 2 aliphatic heterocycles. The second-order valence-electron chi connectivity index (χ2n) is 8.19. The number of H-pyrrole nitrogens is 1. The number of carbonyl (C=O) groups is 1. The second kappa shape index (κ2) is 8.97. The maximum atomic E-state index is 12.8. The minimum absolute atomic E-state index is 0.175. The summed E-state index contributed by atoms with van der Waals surface area (Å²) in [5, 5.41) is 7.06. The van der Waals surface area contributed by atoms with E-state index in [4.69, 9.17) is 4.74 Å². The van der Waals surface area contributed by atoms with Crippen molar-refractivity contribution < 1.29 is 17.9 Å². The van der Waals surface area contributed by atoms with Crippen LogP contribution in [0.3, 0.4) is 0 Å². The predicted molar refractivity (Wildman–Crippen MR) is 117 cm³/mol. The maximum absolute atomic E-state index is 12.8. The van der Waals surface area contributed by atoms with Crippen LogP contribution < -0.4 is 4.74 Å². The van der Waals surface area contributed by atoms with E-state index in [9.17, 15) is 13.2 Å². The number of amides is 1. The first-order valence-electron chi connectivity index (χ1n) is 10.5. The molecule has 1 aromatic carbocycles. The molecule has 0 unspecified atom stereocenters. The zero-order valence-electron chi connectivity index (χ0n) is 18.0. The summed E-state index contributed by atoms with van der Waals surface area (Å²) < 4.78 is 31.4. The van der Waals surface area contributed by atoms with Gasteiger partial charge < -0.3 is 14.5 Å². The molecule has 1 aromatic heterocycles. The van der Waals surface area contributed by atoms with Gasteiger partial charge in [-0.3, -0.25) is 9.89 Å². The lowest BCUT2D eigenvalue weighted by Crippen LogP contribution is -2.62. The normalized spacial score (nSPS) is 17.8. The summed E-state index contributed by atoms with van der Waals surface area (Å²) in [4.78, 5) is 16.8. The Kier molecular flexibility index (Phi) is 6.31. The number of hydrogen-bond acceptors (Lipinski definition) is 6. The maximum Gasteiger partial charge on any atom is 0.271 e. The molecule has 31 heavy (non-hydrogen) atoms. The Morgan fingerprint density at radius 3 is 2.68 bits per heavy atom. The molecule has 2 aliphatic rings. The minimum atomic E-state index is -3.33. The molecular weight excluding hydrogens is 418 g/mol. The highest BCUT2D eigenvalue weighted by molar-refractivity contribution is 7.88. The first-order chi connectivity index (χ1) is 14.8. The fourth-order valence-electron chi connectivity index (χ4n) is 4.20. The molecule has 9 nitrogen and oxygen atoms in total. The van der Waals surface area contributed by atoms with Crippen LogP contribution >= 0.6 is 0 Å². The van der Waals surface area contributed by atoms with Crippen molar-refractivity contribution in [2.45, 2.75) is 18.9 Å². The van der Waals surface area contributed by atoms with Gasteiger partial charge in [0.1, 0.15) is 11.4 Å². The third-order valence-corrected chi connectivity index (χ3v) is 7.32. The average Bonchev–Trinajstić information content (AvgIpc) is 3.40. The van der Waals surface area contributed by atoms with E-state index in [0.29, 0.717) is 36.8 Å². The number of hydrogen-bond donors (Lipinski definition) is 1. The Bertz CT molecular complexity index is 1030. The number of ether oxygens (including phenoxy) is 1.